The second-order valence-electron chi connectivity index (χ2n) is 7.29. The lowest BCUT2D eigenvalue weighted by Gasteiger charge is -2.24. The standard InChI is InChI=1S/C18H21Cl2N3O5S/c19-12-3-4-14(20)13(9-12)18(26)23-6-1-2-15(23)17(25)22-21-16(24)8-11-5-7-29(27,28)10-11/h3-4,9,11,15H,1-2,5-8,10H2,(H,21,24)(H,22,25). The van der Waals surface area contributed by atoms with E-state index < -0.39 is 33.6 Å². The lowest BCUT2D eigenvalue weighted by molar-refractivity contribution is -0.131. The molecule has 2 saturated heterocycles. The fourth-order valence-corrected chi connectivity index (χ4v) is 5.89. The van der Waals surface area contributed by atoms with Crippen LogP contribution >= 0.6 is 23.2 Å². The van der Waals surface area contributed by atoms with Crippen LogP contribution in [-0.2, 0) is 19.4 Å². The Hall–Kier alpha value is -1.84. The minimum absolute atomic E-state index is 0.0142. The number of likely N-dealkylation sites (tertiary alicyclic amines) is 1. The molecular formula is C18H21Cl2N3O5S. The monoisotopic (exact) mass is 461 g/mol. The molecule has 2 unspecified atom stereocenters. The third-order valence-electron chi connectivity index (χ3n) is 5.10. The van der Waals surface area contributed by atoms with E-state index in [9.17, 15) is 22.8 Å². The zero-order valence-corrected chi connectivity index (χ0v) is 17.8. The number of nitrogens with zero attached hydrogens (tertiary/aromatic N) is 1. The zero-order chi connectivity index (χ0) is 21.2. The van der Waals surface area contributed by atoms with Crippen LogP contribution in [0.25, 0.3) is 0 Å². The van der Waals surface area contributed by atoms with Crippen molar-refractivity contribution < 1.29 is 22.8 Å². The van der Waals surface area contributed by atoms with Gasteiger partial charge in [-0.05, 0) is 43.4 Å². The van der Waals surface area contributed by atoms with Gasteiger partial charge in [0, 0.05) is 18.0 Å². The first-order valence-electron chi connectivity index (χ1n) is 9.21. The molecular weight excluding hydrogens is 441 g/mol. The second-order valence-corrected chi connectivity index (χ2v) is 10.4. The van der Waals surface area contributed by atoms with Crippen molar-refractivity contribution in [3.05, 3.63) is 33.8 Å². The number of hydrazine groups is 1. The van der Waals surface area contributed by atoms with E-state index in [0.29, 0.717) is 30.8 Å². The van der Waals surface area contributed by atoms with Gasteiger partial charge in [0.2, 0.25) is 5.91 Å². The predicted octanol–water partition coefficient (Wildman–Crippen LogP) is 1.57. The molecule has 2 fully saturated rings. The number of benzene rings is 1. The van der Waals surface area contributed by atoms with Gasteiger partial charge in [-0.1, -0.05) is 23.2 Å². The van der Waals surface area contributed by atoms with Crippen molar-refractivity contribution in [1.29, 1.82) is 0 Å². The van der Waals surface area contributed by atoms with E-state index in [2.05, 4.69) is 10.9 Å². The van der Waals surface area contributed by atoms with Gasteiger partial charge >= 0.3 is 0 Å². The molecule has 0 bridgehead atoms. The summed E-state index contributed by atoms with van der Waals surface area (Å²) >= 11 is 12.0. The third kappa shape index (κ3) is 5.40. The molecule has 29 heavy (non-hydrogen) atoms. The number of carbonyl (C=O) groups excluding carboxylic acids is 3. The van der Waals surface area contributed by atoms with Gasteiger partial charge in [0.25, 0.3) is 11.8 Å². The minimum atomic E-state index is -3.07. The van der Waals surface area contributed by atoms with Crippen LogP contribution < -0.4 is 10.9 Å². The van der Waals surface area contributed by atoms with Crippen molar-refractivity contribution in [3.8, 4) is 0 Å². The van der Waals surface area contributed by atoms with Gasteiger partial charge in [-0.15, -0.1) is 0 Å². The largest absolute Gasteiger partial charge is 0.327 e. The van der Waals surface area contributed by atoms with Crippen LogP contribution in [0, 0.1) is 5.92 Å². The maximum Gasteiger partial charge on any atom is 0.261 e. The Morgan fingerprint density at radius 1 is 1.14 bits per heavy atom. The fraction of sp³-hybridized carbons (Fsp3) is 0.500. The highest BCUT2D eigenvalue weighted by Crippen LogP contribution is 2.26. The van der Waals surface area contributed by atoms with Crippen LogP contribution in [0.4, 0.5) is 0 Å². The molecule has 0 spiro atoms. The molecule has 8 nitrogen and oxygen atoms in total. The molecule has 1 aromatic rings. The number of amides is 3. The molecule has 3 amide bonds. The average Bonchev–Trinajstić information content (AvgIpc) is 3.27. The van der Waals surface area contributed by atoms with Gasteiger partial charge in [-0.25, -0.2) is 8.42 Å². The molecule has 0 saturated carbocycles. The van der Waals surface area contributed by atoms with E-state index >= 15 is 0 Å². The number of nitrogens with one attached hydrogen (secondary N) is 2. The van der Waals surface area contributed by atoms with Crippen molar-refractivity contribution in [2.45, 2.75) is 31.7 Å². The highest BCUT2D eigenvalue weighted by molar-refractivity contribution is 7.91. The van der Waals surface area contributed by atoms with Crippen molar-refractivity contribution in [1.82, 2.24) is 15.8 Å². The Bertz CT molecular complexity index is 937. The maximum absolute atomic E-state index is 12.8. The normalized spacial score (nSPS) is 23.0. The van der Waals surface area contributed by atoms with Gasteiger partial charge < -0.3 is 4.90 Å². The SMILES string of the molecule is O=C(CC1CCS(=O)(=O)C1)NNC(=O)C1CCCN1C(=O)c1cc(Cl)ccc1Cl. The van der Waals surface area contributed by atoms with Crippen molar-refractivity contribution in [2.75, 3.05) is 18.1 Å². The number of carbonyl (C=O) groups is 3. The molecule has 1 aromatic carbocycles. The molecule has 2 heterocycles. The van der Waals surface area contributed by atoms with Crippen LogP contribution in [0.15, 0.2) is 18.2 Å². The first-order valence-corrected chi connectivity index (χ1v) is 11.8. The molecule has 2 N–H and O–H groups in total. The fourth-order valence-electron chi connectivity index (χ4n) is 3.66. The van der Waals surface area contributed by atoms with Gasteiger partial charge in [0.15, 0.2) is 9.84 Å². The predicted molar refractivity (Wildman–Crippen MR) is 108 cm³/mol. The quantitative estimate of drug-likeness (QED) is 0.660. The summed E-state index contributed by atoms with van der Waals surface area (Å²) < 4.78 is 22.9. The molecule has 0 aromatic heterocycles. The Kier molecular flexibility index (Phi) is 6.70. The number of hydrogen-bond acceptors (Lipinski definition) is 5. The lowest BCUT2D eigenvalue weighted by Crippen LogP contribution is -2.51. The molecule has 11 heteroatoms. The van der Waals surface area contributed by atoms with Crippen LogP contribution in [0.2, 0.25) is 10.0 Å². The van der Waals surface area contributed by atoms with E-state index in [1.807, 2.05) is 0 Å². The zero-order valence-electron chi connectivity index (χ0n) is 15.5. The molecule has 2 aliphatic rings. The summed E-state index contributed by atoms with van der Waals surface area (Å²) in [4.78, 5) is 38.8. The maximum atomic E-state index is 12.8. The molecule has 158 valence electrons. The van der Waals surface area contributed by atoms with E-state index in [1.165, 1.54) is 17.0 Å². The Morgan fingerprint density at radius 2 is 1.90 bits per heavy atom. The van der Waals surface area contributed by atoms with Gasteiger partial charge in [0.1, 0.15) is 6.04 Å². The third-order valence-corrected chi connectivity index (χ3v) is 7.50. The summed E-state index contributed by atoms with van der Waals surface area (Å²) in [6.45, 7) is 0.383. The smallest absolute Gasteiger partial charge is 0.261 e. The minimum Gasteiger partial charge on any atom is -0.327 e. The van der Waals surface area contributed by atoms with Gasteiger partial charge in [0.05, 0.1) is 22.1 Å². The molecule has 2 atom stereocenters. The van der Waals surface area contributed by atoms with E-state index in [4.69, 9.17) is 23.2 Å². The summed E-state index contributed by atoms with van der Waals surface area (Å²) in [5, 5.41) is 0.601. The molecule has 2 aliphatic heterocycles. The van der Waals surface area contributed by atoms with E-state index in [1.54, 1.807) is 6.07 Å². The Morgan fingerprint density at radius 3 is 2.59 bits per heavy atom. The summed E-state index contributed by atoms with van der Waals surface area (Å²) in [6, 6.07) is 3.80. The molecule has 3 rings (SSSR count). The first-order chi connectivity index (χ1) is 13.7. The van der Waals surface area contributed by atoms with Crippen molar-refractivity contribution in [2.24, 2.45) is 5.92 Å². The number of halogens is 2. The Labute approximate surface area is 178 Å². The number of hydrogen-bond donors (Lipinski definition) is 2. The molecule has 0 radical (unpaired) electrons. The van der Waals surface area contributed by atoms with Crippen LogP contribution in [-0.4, -0.2) is 55.1 Å². The average molecular weight is 462 g/mol. The molecule has 0 aliphatic carbocycles. The van der Waals surface area contributed by atoms with Crippen LogP contribution in [0.3, 0.4) is 0 Å². The lowest BCUT2D eigenvalue weighted by atomic mass is 10.1. The van der Waals surface area contributed by atoms with Gasteiger partial charge in [-0.2, -0.15) is 0 Å². The summed E-state index contributed by atoms with van der Waals surface area (Å²) in [7, 11) is -3.07. The number of sulfone groups is 1. The van der Waals surface area contributed by atoms with E-state index in [0.717, 1.165) is 0 Å². The summed E-state index contributed by atoms with van der Waals surface area (Å²) in [6.07, 6.45) is 1.54. The second kappa shape index (κ2) is 8.89. The topological polar surface area (TPSA) is 113 Å². The highest BCUT2D eigenvalue weighted by Gasteiger charge is 2.36. The van der Waals surface area contributed by atoms with E-state index in [-0.39, 0.29) is 34.4 Å². The van der Waals surface area contributed by atoms with Crippen molar-refractivity contribution in [3.63, 3.8) is 0 Å². The summed E-state index contributed by atoms with van der Waals surface area (Å²) in [5.41, 5.74) is 4.87. The van der Waals surface area contributed by atoms with Crippen LogP contribution in [0.5, 0.6) is 0 Å². The number of rotatable bonds is 4. The van der Waals surface area contributed by atoms with Crippen LogP contribution in [0.1, 0.15) is 36.0 Å². The van der Waals surface area contributed by atoms with Gasteiger partial charge in [-0.3, -0.25) is 25.2 Å². The highest BCUT2D eigenvalue weighted by atomic mass is 35.5. The van der Waals surface area contributed by atoms with Crippen molar-refractivity contribution >= 4 is 50.8 Å². The Balaban J connectivity index is 1.56. The first kappa shape index (κ1) is 21.9. The summed E-state index contributed by atoms with van der Waals surface area (Å²) in [5.74, 6) is -1.55.